The molecule has 0 aliphatic carbocycles. The van der Waals surface area contributed by atoms with E-state index in [2.05, 4.69) is 0 Å². The molecule has 2 aromatic rings. The van der Waals surface area contributed by atoms with Gasteiger partial charge in [0.15, 0.2) is 11.5 Å². The van der Waals surface area contributed by atoms with Crippen molar-refractivity contribution in [1.82, 2.24) is 0 Å². The van der Waals surface area contributed by atoms with Gasteiger partial charge in [0.1, 0.15) is 6.61 Å². The predicted octanol–water partition coefficient (Wildman–Crippen LogP) is 5.68. The number of hydrogen-bond donors (Lipinski definition) is 2. The van der Waals surface area contributed by atoms with Crippen molar-refractivity contribution in [3.05, 3.63) is 55.5 Å². The summed E-state index contributed by atoms with van der Waals surface area (Å²) < 4.78 is 5.16. The maximum Gasteiger partial charge on any atom is 0.156 e. The van der Waals surface area contributed by atoms with E-state index in [9.17, 15) is 0 Å². The van der Waals surface area contributed by atoms with Crippen LogP contribution < -0.4 is 4.74 Å². The summed E-state index contributed by atoms with van der Waals surface area (Å²) in [7, 11) is 0. The SMILES string of the molecule is Cc1cc(Cl)c(O)c(Cl)c1.Cc1cc(Cl)c(OCCO)c(Cl)c1. The van der Waals surface area contributed by atoms with E-state index in [4.69, 9.17) is 61.4 Å². The van der Waals surface area contributed by atoms with Crippen molar-refractivity contribution >= 4 is 46.4 Å². The van der Waals surface area contributed by atoms with Gasteiger partial charge in [0.25, 0.3) is 0 Å². The van der Waals surface area contributed by atoms with Gasteiger partial charge in [-0.25, -0.2) is 0 Å². The van der Waals surface area contributed by atoms with Crippen molar-refractivity contribution in [1.29, 1.82) is 0 Å². The number of aryl methyl sites for hydroxylation is 2. The van der Waals surface area contributed by atoms with Gasteiger partial charge in [0.05, 0.1) is 26.7 Å². The maximum absolute atomic E-state index is 9.07. The number of aromatic hydroxyl groups is 1. The Balaban J connectivity index is 0.000000238. The largest absolute Gasteiger partial charge is 0.505 e. The van der Waals surface area contributed by atoms with Crippen molar-refractivity contribution in [3.63, 3.8) is 0 Å². The van der Waals surface area contributed by atoms with Crippen molar-refractivity contribution in [3.8, 4) is 11.5 Å². The summed E-state index contributed by atoms with van der Waals surface area (Å²) >= 11 is 22.9. The number of hydrogen-bond acceptors (Lipinski definition) is 3. The molecule has 0 heterocycles. The molecular weight excluding hydrogens is 382 g/mol. The van der Waals surface area contributed by atoms with Gasteiger partial charge in [-0.1, -0.05) is 46.4 Å². The molecule has 2 aromatic carbocycles. The fourth-order valence-corrected chi connectivity index (χ4v) is 2.97. The summed E-state index contributed by atoms with van der Waals surface area (Å²) in [6.07, 6.45) is 0. The van der Waals surface area contributed by atoms with Gasteiger partial charge >= 0.3 is 0 Å². The van der Waals surface area contributed by atoms with E-state index < -0.39 is 0 Å². The molecule has 3 nitrogen and oxygen atoms in total. The summed E-state index contributed by atoms with van der Waals surface area (Å²) in [5.41, 5.74) is 1.92. The molecule has 0 unspecified atom stereocenters. The lowest BCUT2D eigenvalue weighted by molar-refractivity contribution is 0.201. The van der Waals surface area contributed by atoms with Gasteiger partial charge in [0, 0.05) is 0 Å². The molecular formula is C16H16Cl4O3. The van der Waals surface area contributed by atoms with Gasteiger partial charge in [-0.2, -0.15) is 0 Å². The number of rotatable bonds is 3. The average Bonchev–Trinajstić information content (AvgIpc) is 2.44. The minimum absolute atomic E-state index is 0.0473. The predicted molar refractivity (Wildman–Crippen MR) is 96.6 cm³/mol. The summed E-state index contributed by atoms with van der Waals surface area (Å²) in [4.78, 5) is 0. The Morgan fingerprint density at radius 1 is 0.826 bits per heavy atom. The van der Waals surface area contributed by atoms with E-state index in [1.165, 1.54) is 0 Å². The first-order valence-electron chi connectivity index (χ1n) is 6.60. The maximum atomic E-state index is 9.07. The fraction of sp³-hybridized carbons (Fsp3) is 0.250. The van der Waals surface area contributed by atoms with E-state index in [1.807, 2.05) is 13.8 Å². The van der Waals surface area contributed by atoms with Crippen LogP contribution in [0.2, 0.25) is 20.1 Å². The molecule has 2 N–H and O–H groups in total. The van der Waals surface area contributed by atoms with Crippen LogP contribution in [0.1, 0.15) is 11.1 Å². The minimum Gasteiger partial charge on any atom is -0.505 e. The second-order valence-electron chi connectivity index (χ2n) is 4.71. The summed E-state index contributed by atoms with van der Waals surface area (Å²) in [5, 5.41) is 19.2. The molecule has 0 fully saturated rings. The van der Waals surface area contributed by atoms with Crippen LogP contribution >= 0.6 is 46.4 Å². The van der Waals surface area contributed by atoms with Crippen LogP contribution in [-0.4, -0.2) is 23.4 Å². The molecule has 0 aliphatic rings. The molecule has 0 amide bonds. The highest BCUT2D eigenvalue weighted by Crippen LogP contribution is 2.34. The molecule has 0 aliphatic heterocycles. The number of benzene rings is 2. The average molecular weight is 398 g/mol. The molecule has 0 radical (unpaired) electrons. The van der Waals surface area contributed by atoms with Crippen molar-refractivity contribution in [2.75, 3.05) is 13.2 Å². The standard InChI is InChI=1S/C9H10Cl2O2.C7H6Cl2O/c1-6-4-7(10)9(8(11)5-6)13-3-2-12;1-4-2-5(8)7(10)6(9)3-4/h4-5,12H,2-3H2,1H3;2-3,10H,1H3. The Morgan fingerprint density at radius 2 is 1.22 bits per heavy atom. The van der Waals surface area contributed by atoms with Crippen LogP contribution in [0, 0.1) is 13.8 Å². The molecule has 0 bridgehead atoms. The van der Waals surface area contributed by atoms with Crippen LogP contribution in [0.25, 0.3) is 0 Å². The first-order valence-corrected chi connectivity index (χ1v) is 8.11. The first-order chi connectivity index (χ1) is 10.8. The quantitative estimate of drug-likeness (QED) is 0.700. The Bertz CT molecular complexity index is 628. The zero-order valence-corrected chi connectivity index (χ0v) is 15.6. The van der Waals surface area contributed by atoms with E-state index in [-0.39, 0.29) is 19.0 Å². The van der Waals surface area contributed by atoms with E-state index in [0.717, 1.165) is 11.1 Å². The second kappa shape index (κ2) is 9.45. The number of aliphatic hydroxyl groups excluding tert-OH is 1. The third-order valence-corrected chi connectivity index (χ3v) is 3.78. The summed E-state index contributed by atoms with van der Waals surface area (Å²) in [6.45, 7) is 3.90. The van der Waals surface area contributed by atoms with E-state index >= 15 is 0 Å². The van der Waals surface area contributed by atoms with Gasteiger partial charge < -0.3 is 14.9 Å². The molecule has 2 rings (SSSR count). The van der Waals surface area contributed by atoms with Crippen LogP contribution in [0.15, 0.2) is 24.3 Å². The van der Waals surface area contributed by atoms with Crippen molar-refractivity contribution < 1.29 is 14.9 Å². The number of halogens is 4. The summed E-state index contributed by atoms with van der Waals surface area (Å²) in [6, 6.07) is 6.84. The van der Waals surface area contributed by atoms with Gasteiger partial charge in [-0.05, 0) is 49.2 Å². The number of aliphatic hydroxyl groups is 1. The van der Waals surface area contributed by atoms with Gasteiger partial charge in [-0.3, -0.25) is 0 Å². The van der Waals surface area contributed by atoms with Gasteiger partial charge in [0.2, 0.25) is 0 Å². The monoisotopic (exact) mass is 396 g/mol. The zero-order valence-electron chi connectivity index (χ0n) is 12.5. The lowest BCUT2D eigenvalue weighted by Gasteiger charge is -2.09. The highest BCUT2D eigenvalue weighted by Gasteiger charge is 2.07. The third-order valence-electron chi connectivity index (χ3n) is 2.64. The number of phenolic OH excluding ortho intramolecular Hbond substituents is 1. The topological polar surface area (TPSA) is 49.7 Å². The molecule has 0 aromatic heterocycles. The highest BCUT2D eigenvalue weighted by molar-refractivity contribution is 6.37. The smallest absolute Gasteiger partial charge is 0.156 e. The van der Waals surface area contributed by atoms with Crippen LogP contribution in [0.5, 0.6) is 11.5 Å². The molecule has 0 spiro atoms. The van der Waals surface area contributed by atoms with Gasteiger partial charge in [-0.15, -0.1) is 0 Å². The molecule has 0 atom stereocenters. The second-order valence-corrected chi connectivity index (χ2v) is 6.34. The highest BCUT2D eigenvalue weighted by atomic mass is 35.5. The normalized spacial score (nSPS) is 10.0. The number of phenols is 1. The van der Waals surface area contributed by atoms with Crippen LogP contribution in [0.3, 0.4) is 0 Å². The first kappa shape index (κ1) is 20.2. The minimum atomic E-state index is -0.0550. The lowest BCUT2D eigenvalue weighted by Crippen LogP contribution is -2.02. The Hall–Kier alpha value is -0.840. The molecule has 7 heteroatoms. The van der Waals surface area contributed by atoms with Crippen LogP contribution in [-0.2, 0) is 0 Å². The fourth-order valence-electron chi connectivity index (χ4n) is 1.66. The Morgan fingerprint density at radius 3 is 1.61 bits per heavy atom. The molecule has 23 heavy (non-hydrogen) atoms. The van der Waals surface area contributed by atoms with Crippen molar-refractivity contribution in [2.45, 2.75) is 13.8 Å². The molecule has 126 valence electrons. The lowest BCUT2D eigenvalue weighted by atomic mass is 10.2. The summed E-state index contributed by atoms with van der Waals surface area (Å²) in [5.74, 6) is 0.386. The van der Waals surface area contributed by atoms with E-state index in [1.54, 1.807) is 24.3 Å². The zero-order chi connectivity index (χ0) is 17.6. The van der Waals surface area contributed by atoms with Crippen LogP contribution in [0.4, 0.5) is 0 Å². The number of ether oxygens (including phenoxy) is 1. The molecule has 0 saturated heterocycles. The van der Waals surface area contributed by atoms with Crippen molar-refractivity contribution in [2.24, 2.45) is 0 Å². The Kier molecular flexibility index (Phi) is 8.31. The Labute approximate surface area is 155 Å². The van der Waals surface area contributed by atoms with E-state index in [0.29, 0.717) is 25.8 Å². The molecule has 0 saturated carbocycles. The third kappa shape index (κ3) is 6.28.